The van der Waals surface area contributed by atoms with Crippen LogP contribution in [0, 0.1) is 0 Å². The van der Waals surface area contributed by atoms with Crippen LogP contribution in [0.1, 0.15) is 20.3 Å². The predicted molar refractivity (Wildman–Crippen MR) is 75.1 cm³/mol. The number of nitrogens with one attached hydrogen (secondary N) is 1. The van der Waals surface area contributed by atoms with Crippen LogP contribution < -0.4 is 10.2 Å². The van der Waals surface area contributed by atoms with Gasteiger partial charge in [0.25, 0.3) is 0 Å². The van der Waals surface area contributed by atoms with Crippen molar-refractivity contribution in [3.63, 3.8) is 0 Å². The second-order valence-corrected chi connectivity index (χ2v) is 4.62. The van der Waals surface area contributed by atoms with Crippen molar-refractivity contribution in [2.45, 2.75) is 26.3 Å². The Kier molecular flexibility index (Phi) is 4.36. The van der Waals surface area contributed by atoms with E-state index in [0.29, 0.717) is 6.04 Å². The van der Waals surface area contributed by atoms with E-state index >= 15 is 0 Å². The molecular weight excluding hydrogens is 226 g/mol. The highest BCUT2D eigenvalue weighted by atomic mass is 15.3. The number of nitrogens with zero attached hydrogens (tertiary/aromatic N) is 4. The summed E-state index contributed by atoms with van der Waals surface area (Å²) in [5, 5.41) is 3.06. The molecule has 0 amide bonds. The van der Waals surface area contributed by atoms with Crippen LogP contribution in [0.2, 0.25) is 0 Å². The fourth-order valence-electron chi connectivity index (χ4n) is 2.64. The lowest BCUT2D eigenvalue weighted by Gasteiger charge is -2.26. The Morgan fingerprint density at radius 1 is 1.39 bits per heavy atom. The smallest absolute Gasteiger partial charge is 0.134 e. The predicted octanol–water partition coefficient (Wildman–Crippen LogP) is 1.44. The molecule has 1 aromatic heterocycles. The molecule has 2 heterocycles. The first kappa shape index (κ1) is 13.1. The highest BCUT2D eigenvalue weighted by Crippen LogP contribution is 2.22. The van der Waals surface area contributed by atoms with E-state index < -0.39 is 0 Å². The molecule has 1 aromatic rings. The average Bonchev–Trinajstić information content (AvgIpc) is 2.90. The molecule has 100 valence electrons. The molecule has 1 unspecified atom stereocenters. The maximum absolute atomic E-state index is 4.37. The van der Waals surface area contributed by atoms with E-state index in [2.05, 4.69) is 38.9 Å². The van der Waals surface area contributed by atoms with Crippen molar-refractivity contribution in [2.75, 3.05) is 43.4 Å². The zero-order valence-corrected chi connectivity index (χ0v) is 11.6. The van der Waals surface area contributed by atoms with Crippen LogP contribution in [0.5, 0.6) is 0 Å². The molecule has 1 aliphatic heterocycles. The molecule has 0 bridgehead atoms. The summed E-state index contributed by atoms with van der Waals surface area (Å²) in [5.74, 6) is 1.91. The van der Waals surface area contributed by atoms with Crippen molar-refractivity contribution in [1.82, 2.24) is 14.9 Å². The van der Waals surface area contributed by atoms with E-state index in [1.54, 1.807) is 6.33 Å². The van der Waals surface area contributed by atoms with Crippen LogP contribution in [0.15, 0.2) is 12.4 Å². The number of aromatic nitrogens is 2. The van der Waals surface area contributed by atoms with E-state index in [1.807, 2.05) is 13.1 Å². The number of rotatable bonds is 5. The topological polar surface area (TPSA) is 44.3 Å². The zero-order valence-electron chi connectivity index (χ0n) is 11.6. The van der Waals surface area contributed by atoms with E-state index in [0.717, 1.165) is 37.8 Å². The van der Waals surface area contributed by atoms with E-state index in [4.69, 9.17) is 0 Å². The molecule has 1 fully saturated rings. The van der Waals surface area contributed by atoms with Crippen LogP contribution in [0.4, 0.5) is 11.6 Å². The van der Waals surface area contributed by atoms with Gasteiger partial charge in [0.2, 0.25) is 0 Å². The van der Waals surface area contributed by atoms with Crippen molar-refractivity contribution in [2.24, 2.45) is 0 Å². The van der Waals surface area contributed by atoms with Crippen molar-refractivity contribution in [3.8, 4) is 0 Å². The average molecular weight is 249 g/mol. The minimum Gasteiger partial charge on any atom is -0.373 e. The molecule has 0 aliphatic carbocycles. The third-order valence-electron chi connectivity index (χ3n) is 3.72. The van der Waals surface area contributed by atoms with Crippen molar-refractivity contribution in [1.29, 1.82) is 0 Å². The number of hydrogen-bond acceptors (Lipinski definition) is 5. The maximum Gasteiger partial charge on any atom is 0.134 e. The minimum absolute atomic E-state index is 0.660. The first-order valence-electron chi connectivity index (χ1n) is 6.77. The molecule has 1 aliphatic rings. The van der Waals surface area contributed by atoms with Gasteiger partial charge in [0, 0.05) is 32.2 Å². The van der Waals surface area contributed by atoms with Gasteiger partial charge in [-0.1, -0.05) is 13.8 Å². The lowest BCUT2D eigenvalue weighted by Crippen LogP contribution is -2.37. The van der Waals surface area contributed by atoms with Crippen LogP contribution in [-0.2, 0) is 0 Å². The lowest BCUT2D eigenvalue weighted by atomic mass is 10.2. The van der Waals surface area contributed by atoms with Crippen LogP contribution in [-0.4, -0.2) is 54.1 Å². The van der Waals surface area contributed by atoms with Gasteiger partial charge in [0.15, 0.2) is 0 Å². The van der Waals surface area contributed by atoms with Crippen LogP contribution >= 0.6 is 0 Å². The Hall–Kier alpha value is -1.36. The number of likely N-dealkylation sites (N-methyl/N-ethyl adjacent to an activating group) is 1. The molecular formula is C13H23N5. The first-order chi connectivity index (χ1) is 8.78. The Balaban J connectivity index is 2.03. The van der Waals surface area contributed by atoms with Gasteiger partial charge in [-0.2, -0.15) is 0 Å². The van der Waals surface area contributed by atoms with E-state index in [9.17, 15) is 0 Å². The van der Waals surface area contributed by atoms with Crippen LogP contribution in [0.25, 0.3) is 0 Å². The third kappa shape index (κ3) is 2.72. The van der Waals surface area contributed by atoms with Crippen LogP contribution in [0.3, 0.4) is 0 Å². The quantitative estimate of drug-likeness (QED) is 0.855. The molecule has 5 heteroatoms. The van der Waals surface area contributed by atoms with Gasteiger partial charge in [0.1, 0.15) is 18.0 Å². The highest BCUT2D eigenvalue weighted by molar-refractivity contribution is 5.48. The van der Waals surface area contributed by atoms with Gasteiger partial charge in [0.05, 0.1) is 0 Å². The summed E-state index contributed by atoms with van der Waals surface area (Å²) in [7, 11) is 1.88. The first-order valence-corrected chi connectivity index (χ1v) is 6.77. The molecule has 0 saturated carbocycles. The second kappa shape index (κ2) is 6.00. The van der Waals surface area contributed by atoms with Crippen molar-refractivity contribution in [3.05, 3.63) is 12.4 Å². The lowest BCUT2D eigenvalue weighted by molar-refractivity contribution is 0.232. The van der Waals surface area contributed by atoms with Crippen molar-refractivity contribution >= 4 is 11.6 Å². The summed E-state index contributed by atoms with van der Waals surface area (Å²) in [6.07, 6.45) is 2.85. The Labute approximate surface area is 109 Å². The van der Waals surface area contributed by atoms with Gasteiger partial charge in [-0.25, -0.2) is 9.97 Å². The zero-order chi connectivity index (χ0) is 13.0. The molecule has 0 radical (unpaired) electrons. The molecule has 1 saturated heterocycles. The molecule has 0 aromatic carbocycles. The second-order valence-electron chi connectivity index (χ2n) is 4.62. The van der Waals surface area contributed by atoms with E-state index in [1.165, 1.54) is 6.42 Å². The monoisotopic (exact) mass is 249 g/mol. The summed E-state index contributed by atoms with van der Waals surface area (Å²) in [4.78, 5) is 13.4. The Bertz CT molecular complexity index is 377. The fraction of sp³-hybridized carbons (Fsp3) is 0.692. The summed E-state index contributed by atoms with van der Waals surface area (Å²) in [5.41, 5.74) is 0. The maximum atomic E-state index is 4.37. The summed E-state index contributed by atoms with van der Waals surface area (Å²) in [6, 6.07) is 2.68. The summed E-state index contributed by atoms with van der Waals surface area (Å²) < 4.78 is 0. The van der Waals surface area contributed by atoms with Gasteiger partial charge >= 0.3 is 0 Å². The van der Waals surface area contributed by atoms with Gasteiger partial charge in [-0.05, 0) is 19.5 Å². The van der Waals surface area contributed by atoms with Gasteiger partial charge in [-0.3, -0.25) is 4.90 Å². The molecule has 2 rings (SSSR count). The Morgan fingerprint density at radius 2 is 2.17 bits per heavy atom. The molecule has 0 spiro atoms. The van der Waals surface area contributed by atoms with E-state index in [-0.39, 0.29) is 0 Å². The minimum atomic E-state index is 0.660. The molecule has 5 nitrogen and oxygen atoms in total. The SMILES string of the molecule is CCN(CC)C1CCN(c2cc(NC)ncn2)C1. The molecule has 18 heavy (non-hydrogen) atoms. The third-order valence-corrected chi connectivity index (χ3v) is 3.72. The largest absolute Gasteiger partial charge is 0.373 e. The fourth-order valence-corrected chi connectivity index (χ4v) is 2.64. The summed E-state index contributed by atoms with van der Waals surface area (Å²) in [6.45, 7) is 8.87. The molecule has 1 N–H and O–H groups in total. The Morgan fingerprint density at radius 3 is 2.83 bits per heavy atom. The van der Waals surface area contributed by atoms with Gasteiger partial charge in [-0.15, -0.1) is 0 Å². The number of anilines is 2. The standard InChI is InChI=1S/C13H23N5/c1-4-17(5-2)11-6-7-18(9-11)13-8-12(14-3)15-10-16-13/h8,10-11H,4-7,9H2,1-3H3,(H,14,15,16). The summed E-state index contributed by atoms with van der Waals surface area (Å²) >= 11 is 0. The van der Waals surface area contributed by atoms with Gasteiger partial charge < -0.3 is 10.2 Å². The number of hydrogen-bond donors (Lipinski definition) is 1. The molecule has 1 atom stereocenters. The highest BCUT2D eigenvalue weighted by Gasteiger charge is 2.26. The van der Waals surface area contributed by atoms with Crippen molar-refractivity contribution < 1.29 is 0 Å². The normalized spacial score (nSPS) is 19.6.